The zero-order chi connectivity index (χ0) is 26.3. The fourth-order valence-electron chi connectivity index (χ4n) is 3.70. The van der Waals surface area contributed by atoms with Crippen molar-refractivity contribution in [2.75, 3.05) is 6.54 Å². The molecule has 3 amide bonds. The Morgan fingerprint density at radius 1 is 1.06 bits per heavy atom. The molecule has 0 spiro atoms. The van der Waals surface area contributed by atoms with Gasteiger partial charge in [0.05, 0.1) is 12.2 Å². The van der Waals surface area contributed by atoms with E-state index in [4.69, 9.17) is 16.7 Å². The highest BCUT2D eigenvalue weighted by atomic mass is 35.5. The van der Waals surface area contributed by atoms with Crippen LogP contribution < -0.4 is 15.5 Å². The highest BCUT2D eigenvalue weighted by molar-refractivity contribution is 7.88. The van der Waals surface area contributed by atoms with E-state index < -0.39 is 27.9 Å². The summed E-state index contributed by atoms with van der Waals surface area (Å²) in [6, 6.07) is 13.5. The van der Waals surface area contributed by atoms with Gasteiger partial charge in [-0.2, -0.15) is 0 Å². The first kappa shape index (κ1) is 27.2. The molecule has 2 aromatic rings. The molecular formula is C24H27ClN4O6S. The number of hydrogen-bond donors (Lipinski definition) is 4. The molecule has 12 heteroatoms. The van der Waals surface area contributed by atoms with Gasteiger partial charge in [0.1, 0.15) is 0 Å². The first-order valence-corrected chi connectivity index (χ1v) is 13.1. The Morgan fingerprint density at radius 2 is 1.75 bits per heavy atom. The smallest absolute Gasteiger partial charge is 0.404 e. The third-order valence-corrected chi connectivity index (χ3v) is 7.04. The van der Waals surface area contributed by atoms with Crippen LogP contribution in [0.1, 0.15) is 36.5 Å². The first-order chi connectivity index (χ1) is 17.0. The van der Waals surface area contributed by atoms with E-state index >= 15 is 0 Å². The van der Waals surface area contributed by atoms with Crippen molar-refractivity contribution >= 4 is 39.5 Å². The lowest BCUT2D eigenvalue weighted by Crippen LogP contribution is -2.50. The second kappa shape index (κ2) is 12.0. The van der Waals surface area contributed by atoms with Gasteiger partial charge in [-0.25, -0.2) is 13.2 Å². The molecule has 0 saturated carbocycles. The largest absolute Gasteiger partial charge is 0.465 e. The fourth-order valence-corrected chi connectivity index (χ4v) is 5.10. The molecule has 0 radical (unpaired) electrons. The number of rotatable bonds is 10. The molecular weight excluding hydrogens is 508 g/mol. The molecule has 1 heterocycles. The number of halogens is 1. The molecule has 0 saturated heterocycles. The monoisotopic (exact) mass is 534 g/mol. The van der Waals surface area contributed by atoms with Gasteiger partial charge in [-0.05, 0) is 42.2 Å². The first-order valence-electron chi connectivity index (χ1n) is 11.1. The van der Waals surface area contributed by atoms with Crippen molar-refractivity contribution in [2.45, 2.75) is 38.6 Å². The maximum absolute atomic E-state index is 13.0. The van der Waals surface area contributed by atoms with Crippen LogP contribution in [0.25, 0.3) is 0 Å². The number of carbonyl (C=O) groups is 3. The number of benzene rings is 2. The van der Waals surface area contributed by atoms with Gasteiger partial charge in [-0.3, -0.25) is 14.6 Å². The van der Waals surface area contributed by atoms with Gasteiger partial charge in [-0.15, -0.1) is 4.83 Å². The lowest BCUT2D eigenvalue weighted by molar-refractivity contribution is -0.131. The molecule has 36 heavy (non-hydrogen) atoms. The van der Waals surface area contributed by atoms with Crippen LogP contribution in [0.3, 0.4) is 0 Å². The topological polar surface area (TPSA) is 145 Å². The van der Waals surface area contributed by atoms with Gasteiger partial charge >= 0.3 is 6.09 Å². The average molecular weight is 535 g/mol. The van der Waals surface area contributed by atoms with E-state index in [0.717, 1.165) is 5.01 Å². The molecule has 1 aliphatic heterocycles. The minimum atomic E-state index is -3.83. The number of hydrazine groups is 1. The Bertz CT molecular complexity index is 1280. The Morgan fingerprint density at radius 3 is 2.44 bits per heavy atom. The summed E-state index contributed by atoms with van der Waals surface area (Å²) in [4.78, 5) is 38.8. The summed E-state index contributed by atoms with van der Waals surface area (Å²) < 4.78 is 25.2. The van der Waals surface area contributed by atoms with Crippen LogP contribution in [0, 0.1) is 0 Å². The molecule has 10 nitrogen and oxygen atoms in total. The minimum Gasteiger partial charge on any atom is -0.465 e. The van der Waals surface area contributed by atoms with Crippen molar-refractivity contribution in [3.05, 3.63) is 81.4 Å². The van der Waals surface area contributed by atoms with E-state index in [-0.39, 0.29) is 37.4 Å². The predicted molar refractivity (Wildman–Crippen MR) is 134 cm³/mol. The van der Waals surface area contributed by atoms with Crippen LogP contribution in [-0.4, -0.2) is 43.0 Å². The summed E-state index contributed by atoms with van der Waals surface area (Å²) in [5, 5.41) is 15.3. The van der Waals surface area contributed by atoms with Crippen LogP contribution in [0.5, 0.6) is 0 Å². The Labute approximate surface area is 214 Å². The maximum atomic E-state index is 13.0. The third-order valence-electron chi connectivity index (χ3n) is 5.59. The zero-order valence-corrected chi connectivity index (χ0v) is 21.2. The van der Waals surface area contributed by atoms with Crippen LogP contribution >= 0.6 is 11.6 Å². The molecule has 0 aliphatic carbocycles. The summed E-state index contributed by atoms with van der Waals surface area (Å²) >= 11 is 6.05. The lowest BCUT2D eigenvalue weighted by Gasteiger charge is -2.29. The van der Waals surface area contributed by atoms with E-state index in [2.05, 4.69) is 15.5 Å². The van der Waals surface area contributed by atoms with Crippen molar-refractivity contribution in [1.82, 2.24) is 20.5 Å². The van der Waals surface area contributed by atoms with Gasteiger partial charge in [0.2, 0.25) is 15.9 Å². The van der Waals surface area contributed by atoms with Crippen molar-refractivity contribution in [1.29, 1.82) is 0 Å². The Kier molecular flexibility index (Phi) is 9.08. The SMILES string of the molecule is CC1=C(CC(=O)NCc2cc(Cl)ccc2CNC(=O)O)C(=O)N(NS(=O)(=O)Cc2ccccc2)CC1. The Hall–Kier alpha value is -3.41. The fraction of sp³-hybridized carbons (Fsp3) is 0.292. The van der Waals surface area contributed by atoms with E-state index in [1.54, 1.807) is 55.5 Å². The zero-order valence-electron chi connectivity index (χ0n) is 19.6. The minimum absolute atomic E-state index is 0.0402. The summed E-state index contributed by atoms with van der Waals surface area (Å²) in [5.41, 5.74) is 2.79. The molecule has 0 bridgehead atoms. The summed E-state index contributed by atoms with van der Waals surface area (Å²) in [6.45, 7) is 2.01. The van der Waals surface area contributed by atoms with E-state index in [1.807, 2.05) is 0 Å². The van der Waals surface area contributed by atoms with Gasteiger partial charge in [0.25, 0.3) is 5.91 Å². The third kappa shape index (κ3) is 7.80. The van der Waals surface area contributed by atoms with Gasteiger partial charge < -0.3 is 15.7 Å². The number of carbonyl (C=O) groups excluding carboxylic acids is 2. The van der Waals surface area contributed by atoms with Crippen molar-refractivity contribution in [2.24, 2.45) is 0 Å². The molecule has 4 N–H and O–H groups in total. The average Bonchev–Trinajstić information content (AvgIpc) is 2.82. The van der Waals surface area contributed by atoms with Crippen molar-refractivity contribution < 1.29 is 27.9 Å². The predicted octanol–water partition coefficient (Wildman–Crippen LogP) is 2.70. The maximum Gasteiger partial charge on any atom is 0.404 e. The van der Waals surface area contributed by atoms with Crippen molar-refractivity contribution in [3.8, 4) is 0 Å². The molecule has 0 unspecified atom stereocenters. The molecule has 0 aromatic heterocycles. The summed E-state index contributed by atoms with van der Waals surface area (Å²) in [5.74, 6) is -1.29. The van der Waals surface area contributed by atoms with Crippen LogP contribution in [-0.2, 0) is 38.5 Å². The number of nitrogens with one attached hydrogen (secondary N) is 3. The lowest BCUT2D eigenvalue weighted by atomic mass is 9.98. The number of amides is 3. The standard InChI is InChI=1S/C24H27ClN4O6S/c1-16-9-10-29(28-36(34,35)15-17-5-3-2-4-6-17)23(31)21(16)12-22(30)26-14-19-11-20(25)8-7-18(19)13-27-24(32)33/h2-8,11,27-28H,9-10,12-15H2,1H3,(H,26,30)(H,32,33). The molecule has 192 valence electrons. The quantitative estimate of drug-likeness (QED) is 0.369. The van der Waals surface area contributed by atoms with Gasteiger partial charge in [-0.1, -0.05) is 53.6 Å². The van der Waals surface area contributed by atoms with Crippen LogP contribution in [0.2, 0.25) is 5.02 Å². The van der Waals surface area contributed by atoms with Gasteiger partial charge in [0.15, 0.2) is 0 Å². The molecule has 2 aromatic carbocycles. The Balaban J connectivity index is 1.62. The molecule has 3 rings (SSSR count). The number of sulfonamides is 1. The molecule has 0 atom stereocenters. The normalized spacial score (nSPS) is 14.1. The van der Waals surface area contributed by atoms with Crippen LogP contribution in [0.4, 0.5) is 4.79 Å². The van der Waals surface area contributed by atoms with E-state index in [1.165, 1.54) is 0 Å². The highest BCUT2D eigenvalue weighted by Gasteiger charge is 2.29. The highest BCUT2D eigenvalue weighted by Crippen LogP contribution is 2.22. The van der Waals surface area contributed by atoms with Gasteiger partial charge in [0, 0.05) is 30.2 Å². The molecule has 1 aliphatic rings. The van der Waals surface area contributed by atoms with Crippen molar-refractivity contribution in [3.63, 3.8) is 0 Å². The number of hydrogen-bond acceptors (Lipinski definition) is 5. The van der Waals surface area contributed by atoms with Crippen LogP contribution in [0.15, 0.2) is 59.7 Å². The van der Waals surface area contributed by atoms with E-state index in [9.17, 15) is 22.8 Å². The molecule has 0 fully saturated rings. The number of nitrogens with zero attached hydrogens (tertiary/aromatic N) is 1. The van der Waals surface area contributed by atoms with E-state index in [0.29, 0.717) is 33.7 Å². The second-order valence-corrected chi connectivity index (χ2v) is 10.5. The summed E-state index contributed by atoms with van der Waals surface area (Å²) in [6.07, 6.45) is -0.992. The summed E-state index contributed by atoms with van der Waals surface area (Å²) in [7, 11) is -3.83. The number of carboxylic acid groups (broad SMARTS) is 1. The second-order valence-electron chi connectivity index (χ2n) is 8.33.